The van der Waals surface area contributed by atoms with Crippen LogP contribution in [0.2, 0.25) is 0 Å². The van der Waals surface area contributed by atoms with Crippen LogP contribution in [-0.4, -0.2) is 45.0 Å². The third-order valence-electron chi connectivity index (χ3n) is 5.61. The molecule has 0 spiro atoms. The number of amides is 3. The smallest absolute Gasteiger partial charge is 0.337 e. The first-order chi connectivity index (χ1) is 18.3. The minimum Gasteiger partial charge on any atom is -0.497 e. The van der Waals surface area contributed by atoms with Crippen molar-refractivity contribution in [1.82, 2.24) is 0 Å². The second-order valence-corrected chi connectivity index (χ2v) is 8.28. The van der Waals surface area contributed by atoms with Gasteiger partial charge >= 0.3 is 5.97 Å². The molecule has 194 valence electrons. The van der Waals surface area contributed by atoms with Gasteiger partial charge in [-0.05, 0) is 54.6 Å². The molecule has 3 aromatic rings. The van der Waals surface area contributed by atoms with Crippen molar-refractivity contribution >= 4 is 52.4 Å². The Bertz CT molecular complexity index is 1470. The molecule has 0 atom stereocenters. The number of methoxy groups -OCH3 is 3. The summed E-state index contributed by atoms with van der Waals surface area (Å²) in [6.45, 7) is 0. The van der Waals surface area contributed by atoms with Crippen LogP contribution >= 0.6 is 11.6 Å². The van der Waals surface area contributed by atoms with Gasteiger partial charge in [0.2, 0.25) is 0 Å². The maximum Gasteiger partial charge on any atom is 0.337 e. The summed E-state index contributed by atoms with van der Waals surface area (Å²) in [4.78, 5) is 51.4. The Hall–Kier alpha value is -4.83. The van der Waals surface area contributed by atoms with Crippen molar-refractivity contribution in [2.75, 3.05) is 36.9 Å². The summed E-state index contributed by atoms with van der Waals surface area (Å²) in [6.07, 6.45) is 0. The molecule has 3 aromatic carbocycles. The monoisotopic (exact) mass is 535 g/mol. The van der Waals surface area contributed by atoms with E-state index in [1.165, 1.54) is 45.6 Å². The predicted octanol–water partition coefficient (Wildman–Crippen LogP) is 4.18. The maximum atomic E-state index is 13.2. The zero-order valence-corrected chi connectivity index (χ0v) is 21.3. The van der Waals surface area contributed by atoms with E-state index in [1.807, 2.05) is 0 Å². The Morgan fingerprint density at radius 1 is 0.816 bits per heavy atom. The second kappa shape index (κ2) is 11.1. The fourth-order valence-electron chi connectivity index (χ4n) is 3.69. The van der Waals surface area contributed by atoms with Crippen LogP contribution in [0, 0.1) is 0 Å². The quantitative estimate of drug-likeness (QED) is 0.325. The first-order valence-electron chi connectivity index (χ1n) is 11.1. The normalized spacial score (nSPS) is 12.9. The SMILES string of the molecule is COC(=O)c1ccc(NC(=O)c2cccc(NC3=C(Cl)C(=O)N(c4ccc(OC)cc4OC)C3=O)c2)cc1. The lowest BCUT2D eigenvalue weighted by molar-refractivity contribution is -0.120. The van der Waals surface area contributed by atoms with Crippen LogP contribution in [0.15, 0.2) is 77.5 Å². The number of carbonyl (C=O) groups is 4. The number of nitrogens with one attached hydrogen (secondary N) is 2. The van der Waals surface area contributed by atoms with E-state index < -0.39 is 23.7 Å². The lowest BCUT2D eigenvalue weighted by Crippen LogP contribution is -2.32. The molecule has 11 heteroatoms. The van der Waals surface area contributed by atoms with E-state index in [4.69, 9.17) is 21.1 Å². The largest absolute Gasteiger partial charge is 0.497 e. The van der Waals surface area contributed by atoms with Gasteiger partial charge in [0.15, 0.2) is 0 Å². The molecule has 0 aromatic heterocycles. The molecular weight excluding hydrogens is 514 g/mol. The molecule has 38 heavy (non-hydrogen) atoms. The van der Waals surface area contributed by atoms with E-state index in [0.717, 1.165) is 4.90 Å². The van der Waals surface area contributed by atoms with Crippen LogP contribution in [0.4, 0.5) is 17.1 Å². The summed E-state index contributed by atoms with van der Waals surface area (Å²) < 4.78 is 15.2. The number of imide groups is 1. The second-order valence-electron chi connectivity index (χ2n) is 7.90. The molecule has 3 amide bonds. The number of halogens is 1. The zero-order valence-electron chi connectivity index (χ0n) is 20.5. The maximum absolute atomic E-state index is 13.2. The van der Waals surface area contributed by atoms with E-state index >= 15 is 0 Å². The first kappa shape index (κ1) is 26.2. The molecular formula is C27H22ClN3O7. The molecule has 0 fully saturated rings. The zero-order chi connectivity index (χ0) is 27.4. The number of ether oxygens (including phenoxy) is 3. The van der Waals surface area contributed by atoms with Gasteiger partial charge in [-0.1, -0.05) is 17.7 Å². The number of rotatable bonds is 8. The number of carbonyl (C=O) groups excluding carboxylic acids is 4. The Balaban J connectivity index is 1.52. The number of anilines is 3. The number of nitrogens with zero attached hydrogens (tertiary/aromatic N) is 1. The molecule has 2 N–H and O–H groups in total. The molecule has 0 bridgehead atoms. The summed E-state index contributed by atoms with van der Waals surface area (Å²) in [5.41, 5.74) is 1.49. The van der Waals surface area contributed by atoms with Crippen LogP contribution in [0.3, 0.4) is 0 Å². The van der Waals surface area contributed by atoms with Gasteiger partial charge in [-0.15, -0.1) is 0 Å². The highest BCUT2D eigenvalue weighted by atomic mass is 35.5. The van der Waals surface area contributed by atoms with E-state index in [2.05, 4.69) is 15.4 Å². The molecule has 1 aliphatic rings. The fourth-order valence-corrected chi connectivity index (χ4v) is 3.91. The Kier molecular flexibility index (Phi) is 7.63. The van der Waals surface area contributed by atoms with Crippen LogP contribution in [0.1, 0.15) is 20.7 Å². The van der Waals surface area contributed by atoms with E-state index in [9.17, 15) is 19.2 Å². The van der Waals surface area contributed by atoms with E-state index in [-0.39, 0.29) is 27.7 Å². The van der Waals surface area contributed by atoms with Gasteiger partial charge in [0, 0.05) is 23.0 Å². The van der Waals surface area contributed by atoms with Crippen LogP contribution in [-0.2, 0) is 14.3 Å². The standard InChI is InChI=1S/C27H22ClN3O7/c1-36-19-11-12-20(21(14-19)37-2)31-25(33)22(28)23(26(31)34)29-18-6-4-5-16(13-18)24(32)30-17-9-7-15(8-10-17)27(35)38-3/h4-14,29H,1-3H3,(H,30,32). The molecule has 1 heterocycles. The van der Waals surface area contributed by atoms with E-state index in [0.29, 0.717) is 22.7 Å². The minimum absolute atomic E-state index is 0.148. The van der Waals surface area contributed by atoms with Crippen molar-refractivity contribution in [3.8, 4) is 11.5 Å². The molecule has 1 aliphatic heterocycles. The van der Waals surface area contributed by atoms with Crippen molar-refractivity contribution in [1.29, 1.82) is 0 Å². The Morgan fingerprint density at radius 2 is 1.55 bits per heavy atom. The van der Waals surface area contributed by atoms with Gasteiger partial charge in [-0.3, -0.25) is 14.4 Å². The highest BCUT2D eigenvalue weighted by Crippen LogP contribution is 2.37. The number of benzene rings is 3. The van der Waals surface area contributed by atoms with Crippen molar-refractivity contribution in [2.24, 2.45) is 0 Å². The van der Waals surface area contributed by atoms with Gasteiger partial charge < -0.3 is 24.8 Å². The van der Waals surface area contributed by atoms with Gasteiger partial charge in [-0.2, -0.15) is 0 Å². The van der Waals surface area contributed by atoms with Crippen LogP contribution in [0.5, 0.6) is 11.5 Å². The first-order valence-corrected chi connectivity index (χ1v) is 11.5. The number of esters is 1. The summed E-state index contributed by atoms with van der Waals surface area (Å²) in [7, 11) is 4.17. The Labute approximate surface area is 222 Å². The van der Waals surface area contributed by atoms with Gasteiger partial charge in [0.1, 0.15) is 22.2 Å². The topological polar surface area (TPSA) is 123 Å². The molecule has 4 rings (SSSR count). The van der Waals surface area contributed by atoms with Crippen LogP contribution in [0.25, 0.3) is 0 Å². The molecule has 0 unspecified atom stereocenters. The van der Waals surface area contributed by atoms with Crippen molar-refractivity contribution in [3.05, 3.63) is 88.6 Å². The average molecular weight is 536 g/mol. The van der Waals surface area contributed by atoms with Gasteiger partial charge in [0.05, 0.1) is 32.6 Å². The average Bonchev–Trinajstić information content (AvgIpc) is 3.15. The van der Waals surface area contributed by atoms with Crippen molar-refractivity contribution < 1.29 is 33.4 Å². The molecule has 0 saturated heterocycles. The summed E-state index contributed by atoms with van der Waals surface area (Å²) in [5.74, 6) is -1.61. The number of hydrogen-bond donors (Lipinski definition) is 2. The van der Waals surface area contributed by atoms with Crippen molar-refractivity contribution in [3.63, 3.8) is 0 Å². The molecule has 10 nitrogen and oxygen atoms in total. The van der Waals surface area contributed by atoms with E-state index in [1.54, 1.807) is 42.5 Å². The van der Waals surface area contributed by atoms with Gasteiger partial charge in [-0.25, -0.2) is 9.69 Å². The van der Waals surface area contributed by atoms with Crippen LogP contribution < -0.4 is 25.0 Å². The third kappa shape index (κ3) is 5.16. The minimum atomic E-state index is -0.730. The summed E-state index contributed by atoms with van der Waals surface area (Å²) in [5, 5.41) is 5.27. The summed E-state index contributed by atoms with van der Waals surface area (Å²) >= 11 is 6.25. The Morgan fingerprint density at radius 3 is 2.21 bits per heavy atom. The molecule has 0 radical (unpaired) electrons. The summed E-state index contributed by atoms with van der Waals surface area (Å²) in [6, 6.07) is 17.2. The highest BCUT2D eigenvalue weighted by molar-refractivity contribution is 6.53. The molecule has 0 aliphatic carbocycles. The lowest BCUT2D eigenvalue weighted by atomic mass is 10.1. The van der Waals surface area contributed by atoms with Crippen molar-refractivity contribution in [2.45, 2.75) is 0 Å². The highest BCUT2D eigenvalue weighted by Gasteiger charge is 2.40. The predicted molar refractivity (Wildman–Crippen MR) is 141 cm³/mol. The fraction of sp³-hybridized carbons (Fsp3) is 0.111. The molecule has 0 saturated carbocycles. The number of hydrogen-bond acceptors (Lipinski definition) is 8. The van der Waals surface area contributed by atoms with Gasteiger partial charge in [0.25, 0.3) is 17.7 Å². The third-order valence-corrected chi connectivity index (χ3v) is 5.96. The lowest BCUT2D eigenvalue weighted by Gasteiger charge is -2.18.